The molecule has 1 aliphatic rings. The smallest absolute Gasteiger partial charge is 0.325 e. The van der Waals surface area contributed by atoms with Gasteiger partial charge in [0.05, 0.1) is 6.61 Å². The van der Waals surface area contributed by atoms with Crippen LogP contribution in [-0.4, -0.2) is 60.4 Å². The Morgan fingerprint density at radius 2 is 1.85 bits per heavy atom. The molecule has 140 valence electrons. The molecule has 2 rings (SSSR count). The molecule has 26 heavy (non-hydrogen) atoms. The van der Waals surface area contributed by atoms with Crippen LogP contribution in [0.2, 0.25) is 0 Å². The highest BCUT2D eigenvalue weighted by Gasteiger charge is 2.49. The van der Waals surface area contributed by atoms with Gasteiger partial charge in [-0.2, -0.15) is 0 Å². The van der Waals surface area contributed by atoms with Crippen LogP contribution in [0.15, 0.2) is 24.3 Å². The Morgan fingerprint density at radius 3 is 2.42 bits per heavy atom. The number of urea groups is 1. The molecule has 0 saturated carbocycles. The van der Waals surface area contributed by atoms with E-state index in [1.807, 2.05) is 19.1 Å². The van der Waals surface area contributed by atoms with Crippen LogP contribution in [0.5, 0.6) is 0 Å². The number of carbonyl (C=O) groups excluding carboxylic acids is 4. The van der Waals surface area contributed by atoms with Crippen LogP contribution in [-0.2, 0) is 24.7 Å². The van der Waals surface area contributed by atoms with Crippen LogP contribution in [0.1, 0.15) is 25.0 Å². The fourth-order valence-electron chi connectivity index (χ4n) is 2.67. The van der Waals surface area contributed by atoms with E-state index in [4.69, 9.17) is 4.74 Å². The summed E-state index contributed by atoms with van der Waals surface area (Å²) in [5.41, 5.74) is 0.433. The van der Waals surface area contributed by atoms with Crippen LogP contribution in [0.4, 0.5) is 4.79 Å². The maximum Gasteiger partial charge on any atom is 0.325 e. The molecule has 1 aromatic rings. The number of imide groups is 1. The van der Waals surface area contributed by atoms with Gasteiger partial charge in [0, 0.05) is 7.05 Å². The minimum atomic E-state index is -1.23. The summed E-state index contributed by atoms with van der Waals surface area (Å²) < 4.78 is 4.78. The van der Waals surface area contributed by atoms with E-state index in [0.29, 0.717) is 5.56 Å². The predicted molar refractivity (Wildman–Crippen MR) is 93.0 cm³/mol. The van der Waals surface area contributed by atoms with Crippen LogP contribution in [0, 0.1) is 6.92 Å². The Bertz CT molecular complexity index is 731. The summed E-state index contributed by atoms with van der Waals surface area (Å²) in [6.45, 7) is 4.71. The number of amides is 4. The zero-order chi connectivity index (χ0) is 19.5. The van der Waals surface area contributed by atoms with Gasteiger partial charge in [-0.25, -0.2) is 4.79 Å². The Morgan fingerprint density at radius 1 is 1.23 bits per heavy atom. The van der Waals surface area contributed by atoms with E-state index in [-0.39, 0.29) is 13.2 Å². The number of carbonyl (C=O) groups is 4. The van der Waals surface area contributed by atoms with Crippen molar-refractivity contribution in [3.05, 3.63) is 35.4 Å². The number of rotatable bonds is 6. The lowest BCUT2D eigenvalue weighted by atomic mass is 9.91. The highest BCUT2D eigenvalue weighted by atomic mass is 16.5. The molecule has 1 fully saturated rings. The van der Waals surface area contributed by atoms with Crippen molar-refractivity contribution in [1.29, 1.82) is 0 Å². The van der Waals surface area contributed by atoms with Crippen molar-refractivity contribution in [3.63, 3.8) is 0 Å². The molecule has 1 atom stereocenters. The number of aryl methyl sites for hydroxylation is 1. The van der Waals surface area contributed by atoms with E-state index < -0.39 is 35.9 Å². The van der Waals surface area contributed by atoms with E-state index in [2.05, 4.69) is 5.32 Å². The van der Waals surface area contributed by atoms with Crippen molar-refractivity contribution in [3.8, 4) is 0 Å². The summed E-state index contributed by atoms with van der Waals surface area (Å²) in [6.07, 6.45) is 0. The van der Waals surface area contributed by atoms with Crippen molar-refractivity contribution in [2.75, 3.05) is 26.7 Å². The molecule has 0 aliphatic carbocycles. The lowest BCUT2D eigenvalue weighted by molar-refractivity contribution is -0.148. The summed E-state index contributed by atoms with van der Waals surface area (Å²) in [7, 11) is 1.41. The summed E-state index contributed by atoms with van der Waals surface area (Å²) >= 11 is 0. The number of nitrogens with one attached hydrogen (secondary N) is 1. The Balaban J connectivity index is 2.10. The van der Waals surface area contributed by atoms with Crippen molar-refractivity contribution < 1.29 is 23.9 Å². The standard InChI is InChI=1S/C18H23N3O5/c1-5-26-15(23)11-20(4)14(22)10-21-16(24)18(3,19-17(21)25)13-8-6-12(2)7-9-13/h6-9H,5,10-11H2,1-4H3,(H,19,25). The van der Waals surface area contributed by atoms with Crippen LogP contribution >= 0.6 is 0 Å². The van der Waals surface area contributed by atoms with E-state index in [9.17, 15) is 19.2 Å². The van der Waals surface area contributed by atoms with Crippen LogP contribution in [0.3, 0.4) is 0 Å². The molecule has 8 heteroatoms. The van der Waals surface area contributed by atoms with Gasteiger partial charge >= 0.3 is 12.0 Å². The van der Waals surface area contributed by atoms with Crippen molar-refractivity contribution in [2.45, 2.75) is 26.3 Å². The third-order valence-electron chi connectivity index (χ3n) is 4.29. The van der Waals surface area contributed by atoms with Gasteiger partial charge in [0.1, 0.15) is 18.6 Å². The van der Waals surface area contributed by atoms with Crippen molar-refractivity contribution in [1.82, 2.24) is 15.1 Å². The summed E-state index contributed by atoms with van der Waals surface area (Å²) in [5.74, 6) is -1.59. The summed E-state index contributed by atoms with van der Waals surface area (Å²) in [6, 6.07) is 6.59. The third-order valence-corrected chi connectivity index (χ3v) is 4.29. The topological polar surface area (TPSA) is 96.0 Å². The number of hydrogen-bond donors (Lipinski definition) is 1. The maximum atomic E-state index is 12.8. The van der Waals surface area contributed by atoms with E-state index in [1.165, 1.54) is 7.05 Å². The number of likely N-dealkylation sites (N-methyl/N-ethyl adjacent to an activating group) is 1. The van der Waals surface area contributed by atoms with Gasteiger partial charge in [-0.05, 0) is 26.3 Å². The molecule has 1 unspecified atom stereocenters. The second kappa shape index (κ2) is 7.55. The molecular weight excluding hydrogens is 338 g/mol. The lowest BCUT2D eigenvalue weighted by Crippen LogP contribution is -2.44. The molecular formula is C18H23N3O5. The highest BCUT2D eigenvalue weighted by molar-refractivity contribution is 6.09. The summed E-state index contributed by atoms with van der Waals surface area (Å²) in [5, 5.41) is 2.65. The van der Waals surface area contributed by atoms with Gasteiger partial charge in [-0.15, -0.1) is 0 Å². The normalized spacial score (nSPS) is 19.3. The number of hydrogen-bond acceptors (Lipinski definition) is 5. The first-order chi connectivity index (χ1) is 12.2. The maximum absolute atomic E-state index is 12.8. The van der Waals surface area contributed by atoms with Crippen LogP contribution < -0.4 is 5.32 Å². The first-order valence-electron chi connectivity index (χ1n) is 8.30. The first-order valence-corrected chi connectivity index (χ1v) is 8.30. The van der Waals surface area contributed by atoms with Gasteiger partial charge in [0.15, 0.2) is 0 Å². The van der Waals surface area contributed by atoms with Gasteiger partial charge in [0.2, 0.25) is 5.91 Å². The molecule has 1 saturated heterocycles. The average Bonchev–Trinajstić information content (AvgIpc) is 2.79. The molecule has 4 amide bonds. The molecule has 1 N–H and O–H groups in total. The molecule has 0 radical (unpaired) electrons. The fraction of sp³-hybridized carbons (Fsp3) is 0.444. The first kappa shape index (κ1) is 19.4. The zero-order valence-electron chi connectivity index (χ0n) is 15.4. The monoisotopic (exact) mass is 361 g/mol. The number of benzene rings is 1. The molecule has 0 spiro atoms. The third kappa shape index (κ3) is 3.84. The number of ether oxygens (including phenoxy) is 1. The van der Waals surface area contributed by atoms with Crippen molar-refractivity contribution in [2.24, 2.45) is 0 Å². The predicted octanol–water partition coefficient (Wildman–Crippen LogP) is 0.784. The van der Waals surface area contributed by atoms with E-state index >= 15 is 0 Å². The largest absolute Gasteiger partial charge is 0.465 e. The molecule has 1 aliphatic heterocycles. The second-order valence-corrected chi connectivity index (χ2v) is 6.37. The Hall–Kier alpha value is -2.90. The van der Waals surface area contributed by atoms with Gasteiger partial charge in [-0.3, -0.25) is 19.3 Å². The molecule has 1 aromatic carbocycles. The number of esters is 1. The van der Waals surface area contributed by atoms with E-state index in [1.54, 1.807) is 26.0 Å². The second-order valence-electron chi connectivity index (χ2n) is 6.37. The van der Waals surface area contributed by atoms with Crippen molar-refractivity contribution >= 4 is 23.8 Å². The lowest BCUT2D eigenvalue weighted by Gasteiger charge is -2.23. The van der Waals surface area contributed by atoms with Gasteiger partial charge in [0.25, 0.3) is 5.91 Å². The average molecular weight is 361 g/mol. The Labute approximate surface area is 152 Å². The van der Waals surface area contributed by atoms with Crippen LogP contribution in [0.25, 0.3) is 0 Å². The molecule has 8 nitrogen and oxygen atoms in total. The highest BCUT2D eigenvalue weighted by Crippen LogP contribution is 2.28. The summed E-state index contributed by atoms with van der Waals surface area (Å²) in [4.78, 5) is 50.8. The molecule has 0 aromatic heterocycles. The number of nitrogens with zero attached hydrogens (tertiary/aromatic N) is 2. The molecule has 1 heterocycles. The minimum Gasteiger partial charge on any atom is -0.465 e. The minimum absolute atomic E-state index is 0.211. The zero-order valence-corrected chi connectivity index (χ0v) is 15.4. The van der Waals surface area contributed by atoms with Gasteiger partial charge < -0.3 is 15.0 Å². The molecule has 0 bridgehead atoms. The van der Waals surface area contributed by atoms with Gasteiger partial charge in [-0.1, -0.05) is 29.8 Å². The quantitative estimate of drug-likeness (QED) is 0.597. The SMILES string of the molecule is CCOC(=O)CN(C)C(=O)CN1C(=O)NC(C)(c2ccc(C)cc2)C1=O. The fourth-order valence-corrected chi connectivity index (χ4v) is 2.67. The van der Waals surface area contributed by atoms with E-state index in [0.717, 1.165) is 15.4 Å². The Kier molecular flexibility index (Phi) is 5.64.